The van der Waals surface area contributed by atoms with Crippen LogP contribution in [0.2, 0.25) is 0 Å². The lowest BCUT2D eigenvalue weighted by atomic mass is 10.2. The van der Waals surface area contributed by atoms with Crippen LogP contribution in [0.5, 0.6) is 0 Å². The summed E-state index contributed by atoms with van der Waals surface area (Å²) >= 11 is 0. The zero-order chi connectivity index (χ0) is 16.1. The molecule has 22 heavy (non-hydrogen) atoms. The lowest BCUT2D eigenvalue weighted by molar-refractivity contribution is -0.137. The Morgan fingerprint density at radius 1 is 1.45 bits per heavy atom. The molecule has 1 fully saturated rings. The van der Waals surface area contributed by atoms with E-state index in [1.54, 1.807) is 6.07 Å². The van der Waals surface area contributed by atoms with Crippen LogP contribution in [0.25, 0.3) is 0 Å². The van der Waals surface area contributed by atoms with E-state index in [2.05, 4.69) is 0 Å². The molecule has 0 saturated carbocycles. The zero-order valence-electron chi connectivity index (χ0n) is 12.5. The fourth-order valence-corrected chi connectivity index (χ4v) is 2.48. The average molecular weight is 308 g/mol. The summed E-state index contributed by atoms with van der Waals surface area (Å²) in [5.74, 6) is -1.32. The van der Waals surface area contributed by atoms with Crippen molar-refractivity contribution in [3.63, 3.8) is 0 Å². The van der Waals surface area contributed by atoms with Gasteiger partial charge >= 0.3 is 5.97 Å². The summed E-state index contributed by atoms with van der Waals surface area (Å²) in [6.45, 7) is 1.10. The Morgan fingerprint density at radius 3 is 2.86 bits per heavy atom. The normalized spacial score (nSPS) is 17.4. The molecule has 1 aliphatic rings. The van der Waals surface area contributed by atoms with Crippen LogP contribution in [0.3, 0.4) is 0 Å². The lowest BCUT2D eigenvalue weighted by Crippen LogP contribution is -2.40. The second-order valence-corrected chi connectivity index (χ2v) is 5.34. The first-order chi connectivity index (χ1) is 10.5. The zero-order valence-corrected chi connectivity index (χ0v) is 12.5. The van der Waals surface area contributed by atoms with Gasteiger partial charge in [0.15, 0.2) is 0 Å². The maximum atomic E-state index is 12.6. The molecule has 1 aromatic heterocycles. The highest BCUT2D eigenvalue weighted by molar-refractivity contribution is 5.92. The Balaban J connectivity index is 2.18. The topological polar surface area (TPSA) is 88.8 Å². The minimum Gasteiger partial charge on any atom is -0.481 e. The smallest absolute Gasteiger partial charge is 0.305 e. The molecule has 0 spiro atoms. The number of rotatable bonds is 6. The van der Waals surface area contributed by atoms with Crippen LogP contribution in [-0.4, -0.2) is 52.3 Å². The number of carboxylic acids is 1. The summed E-state index contributed by atoms with van der Waals surface area (Å²) < 4.78 is 6.79. The van der Waals surface area contributed by atoms with E-state index in [-0.39, 0.29) is 36.2 Å². The van der Waals surface area contributed by atoms with Crippen LogP contribution >= 0.6 is 0 Å². The summed E-state index contributed by atoms with van der Waals surface area (Å²) in [5.41, 5.74) is -0.0305. The molecule has 120 valence electrons. The summed E-state index contributed by atoms with van der Waals surface area (Å²) in [7, 11) is 1.52. The van der Waals surface area contributed by atoms with Crippen LogP contribution in [0.1, 0.15) is 29.8 Å². The van der Waals surface area contributed by atoms with E-state index in [0.717, 1.165) is 12.8 Å². The highest BCUT2D eigenvalue weighted by Gasteiger charge is 2.25. The molecule has 0 aliphatic carbocycles. The van der Waals surface area contributed by atoms with Crippen molar-refractivity contribution in [1.82, 2.24) is 9.47 Å². The molecule has 1 N–H and O–H groups in total. The van der Waals surface area contributed by atoms with Gasteiger partial charge in [-0.1, -0.05) is 6.07 Å². The van der Waals surface area contributed by atoms with Crippen molar-refractivity contribution in [3.8, 4) is 0 Å². The maximum absolute atomic E-state index is 12.6. The molecule has 0 radical (unpaired) electrons. The number of carbonyl (C=O) groups excluding carboxylic acids is 1. The number of carboxylic acid groups (broad SMARTS) is 1. The van der Waals surface area contributed by atoms with Crippen LogP contribution in [0, 0.1) is 0 Å². The van der Waals surface area contributed by atoms with E-state index in [9.17, 15) is 14.4 Å². The van der Waals surface area contributed by atoms with Crippen molar-refractivity contribution in [2.75, 3.05) is 19.7 Å². The number of nitrogens with zero attached hydrogens (tertiary/aromatic N) is 2. The minimum absolute atomic E-state index is 0.0708. The van der Waals surface area contributed by atoms with Gasteiger partial charge in [-0.05, 0) is 18.9 Å². The van der Waals surface area contributed by atoms with Gasteiger partial charge in [0.1, 0.15) is 5.69 Å². The van der Waals surface area contributed by atoms with E-state index >= 15 is 0 Å². The Morgan fingerprint density at radius 2 is 2.23 bits per heavy atom. The highest BCUT2D eigenvalue weighted by atomic mass is 16.5. The largest absolute Gasteiger partial charge is 0.481 e. The summed E-state index contributed by atoms with van der Waals surface area (Å²) in [5, 5.41) is 8.85. The fourth-order valence-electron chi connectivity index (χ4n) is 2.48. The van der Waals surface area contributed by atoms with Crippen LogP contribution in [0.4, 0.5) is 0 Å². The quantitative estimate of drug-likeness (QED) is 0.826. The fraction of sp³-hybridized carbons (Fsp3) is 0.533. The molecule has 7 heteroatoms. The molecule has 7 nitrogen and oxygen atoms in total. The van der Waals surface area contributed by atoms with Crippen molar-refractivity contribution in [3.05, 3.63) is 34.2 Å². The van der Waals surface area contributed by atoms with E-state index < -0.39 is 5.97 Å². The average Bonchev–Trinajstić information content (AvgIpc) is 2.98. The van der Waals surface area contributed by atoms with Crippen molar-refractivity contribution in [2.24, 2.45) is 7.05 Å². The van der Waals surface area contributed by atoms with Gasteiger partial charge in [-0.2, -0.15) is 0 Å². The van der Waals surface area contributed by atoms with Crippen molar-refractivity contribution >= 4 is 11.9 Å². The van der Waals surface area contributed by atoms with E-state index in [1.165, 1.54) is 28.6 Å². The predicted octanol–water partition coefficient (Wildman–Crippen LogP) is 0.481. The van der Waals surface area contributed by atoms with Crippen LogP contribution < -0.4 is 5.56 Å². The third-order valence-electron chi connectivity index (χ3n) is 3.73. The lowest BCUT2D eigenvalue weighted by Gasteiger charge is -2.25. The molecule has 0 bridgehead atoms. The number of pyridine rings is 1. The number of hydrogen-bond donors (Lipinski definition) is 1. The molecule has 1 amide bonds. The third-order valence-corrected chi connectivity index (χ3v) is 3.73. The Bertz CT molecular complexity index is 604. The van der Waals surface area contributed by atoms with E-state index in [1.807, 2.05) is 0 Å². The standard InChI is InChI=1S/C15H20N2O5/c1-16-12(5-2-6-13(16)18)15(21)17(8-7-14(19)20)10-11-4-3-9-22-11/h2,5-6,11H,3-4,7-10H2,1H3,(H,19,20). The summed E-state index contributed by atoms with van der Waals surface area (Å²) in [6, 6.07) is 4.46. The second-order valence-electron chi connectivity index (χ2n) is 5.34. The molecular formula is C15H20N2O5. The Hall–Kier alpha value is -2.15. The third kappa shape index (κ3) is 3.94. The Kier molecular flexibility index (Phi) is 5.32. The number of hydrogen-bond acceptors (Lipinski definition) is 4. The number of aromatic nitrogens is 1. The van der Waals surface area contributed by atoms with Gasteiger partial charge in [0.2, 0.25) is 0 Å². The van der Waals surface area contributed by atoms with Gasteiger partial charge in [0.25, 0.3) is 11.5 Å². The number of carbonyl (C=O) groups is 2. The van der Waals surface area contributed by atoms with E-state index in [0.29, 0.717) is 13.2 Å². The number of amides is 1. The van der Waals surface area contributed by atoms with Crippen LogP contribution in [0.15, 0.2) is 23.0 Å². The molecule has 2 rings (SSSR count). The molecule has 1 atom stereocenters. The van der Waals surface area contributed by atoms with Gasteiger partial charge in [0, 0.05) is 32.8 Å². The first-order valence-corrected chi connectivity index (χ1v) is 7.27. The second kappa shape index (κ2) is 7.22. The minimum atomic E-state index is -0.966. The molecule has 2 heterocycles. The number of aliphatic carboxylic acids is 1. The van der Waals surface area contributed by atoms with Gasteiger partial charge in [-0.3, -0.25) is 14.4 Å². The maximum Gasteiger partial charge on any atom is 0.305 e. The van der Waals surface area contributed by atoms with Gasteiger partial charge in [-0.25, -0.2) is 0 Å². The van der Waals surface area contributed by atoms with Crippen molar-refractivity contribution in [2.45, 2.75) is 25.4 Å². The molecule has 0 aromatic carbocycles. The van der Waals surface area contributed by atoms with Gasteiger partial charge < -0.3 is 19.3 Å². The Labute approximate surface area is 128 Å². The number of ether oxygens (including phenoxy) is 1. The van der Waals surface area contributed by atoms with Crippen molar-refractivity contribution in [1.29, 1.82) is 0 Å². The first-order valence-electron chi connectivity index (χ1n) is 7.27. The summed E-state index contributed by atoms with van der Waals surface area (Å²) in [6.07, 6.45) is 1.58. The summed E-state index contributed by atoms with van der Waals surface area (Å²) in [4.78, 5) is 36.5. The van der Waals surface area contributed by atoms with Gasteiger partial charge in [-0.15, -0.1) is 0 Å². The van der Waals surface area contributed by atoms with Crippen molar-refractivity contribution < 1.29 is 19.4 Å². The molecule has 1 aliphatic heterocycles. The van der Waals surface area contributed by atoms with Gasteiger partial charge in [0.05, 0.1) is 12.5 Å². The molecule has 1 unspecified atom stereocenters. The molecule has 1 saturated heterocycles. The SMILES string of the molecule is Cn1c(C(=O)N(CCC(=O)O)CC2CCCO2)cccc1=O. The first kappa shape index (κ1) is 16.2. The highest BCUT2D eigenvalue weighted by Crippen LogP contribution is 2.15. The molecule has 1 aromatic rings. The van der Waals surface area contributed by atoms with E-state index in [4.69, 9.17) is 9.84 Å². The predicted molar refractivity (Wildman–Crippen MR) is 78.8 cm³/mol. The monoisotopic (exact) mass is 308 g/mol. The molecular weight excluding hydrogens is 288 g/mol. The van der Waals surface area contributed by atoms with Crippen LogP contribution in [-0.2, 0) is 16.6 Å².